The summed E-state index contributed by atoms with van der Waals surface area (Å²) < 4.78 is 5.70. The van der Waals surface area contributed by atoms with E-state index in [1.807, 2.05) is 12.1 Å². The maximum absolute atomic E-state index is 11.7. The molecule has 0 saturated heterocycles. The third-order valence-electron chi connectivity index (χ3n) is 3.19. The molecule has 1 aliphatic rings. The second-order valence-electron chi connectivity index (χ2n) is 4.50. The number of fused-ring (bicyclic) bond motifs is 2. The number of amides is 1. The first kappa shape index (κ1) is 13.0. The number of anilines is 2. The van der Waals surface area contributed by atoms with Gasteiger partial charge in [-0.3, -0.25) is 4.79 Å². The summed E-state index contributed by atoms with van der Waals surface area (Å²) in [6.07, 6.45) is 0. The molecule has 0 fully saturated rings. The zero-order chi connectivity index (χ0) is 15.0. The van der Waals surface area contributed by atoms with Gasteiger partial charge in [0.25, 0.3) is 5.91 Å². The van der Waals surface area contributed by atoms with Gasteiger partial charge in [0.1, 0.15) is 0 Å². The summed E-state index contributed by atoms with van der Waals surface area (Å²) in [5.41, 5.74) is 1.24. The predicted octanol–water partition coefficient (Wildman–Crippen LogP) is 2.59. The van der Waals surface area contributed by atoms with E-state index in [0.717, 1.165) is 0 Å². The largest absolute Gasteiger partial charge is 0.478 e. The molecule has 3 rings (SSSR count). The molecule has 0 radical (unpaired) electrons. The molecule has 0 bridgehead atoms. The van der Waals surface area contributed by atoms with E-state index >= 15 is 0 Å². The SMILES string of the molecule is CNC(=O)c1cc2c(c(C(=O)O)c1)Nc1ccccc1O2. The van der Waals surface area contributed by atoms with Crippen LogP contribution in [0.5, 0.6) is 11.5 Å². The molecule has 6 heteroatoms. The first-order valence-electron chi connectivity index (χ1n) is 6.27. The molecule has 0 saturated carbocycles. The van der Waals surface area contributed by atoms with E-state index in [-0.39, 0.29) is 17.0 Å². The second-order valence-corrected chi connectivity index (χ2v) is 4.50. The third kappa shape index (κ3) is 2.16. The summed E-state index contributed by atoms with van der Waals surface area (Å²) in [6.45, 7) is 0. The smallest absolute Gasteiger partial charge is 0.337 e. The van der Waals surface area contributed by atoms with Crippen LogP contribution < -0.4 is 15.4 Å². The van der Waals surface area contributed by atoms with Gasteiger partial charge in [-0.15, -0.1) is 0 Å². The van der Waals surface area contributed by atoms with Crippen molar-refractivity contribution in [2.24, 2.45) is 0 Å². The van der Waals surface area contributed by atoms with Crippen LogP contribution in [0.2, 0.25) is 0 Å². The molecule has 106 valence electrons. The lowest BCUT2D eigenvalue weighted by molar-refractivity contribution is 0.0697. The monoisotopic (exact) mass is 284 g/mol. The van der Waals surface area contributed by atoms with Crippen LogP contribution in [-0.2, 0) is 0 Å². The van der Waals surface area contributed by atoms with Gasteiger partial charge < -0.3 is 20.5 Å². The highest BCUT2D eigenvalue weighted by Crippen LogP contribution is 2.44. The fraction of sp³-hybridized carbons (Fsp3) is 0.0667. The molecule has 0 aromatic heterocycles. The molecule has 0 spiro atoms. The lowest BCUT2D eigenvalue weighted by Gasteiger charge is -2.23. The molecule has 1 amide bonds. The van der Waals surface area contributed by atoms with Crippen LogP contribution in [0.3, 0.4) is 0 Å². The Kier molecular flexibility index (Phi) is 2.98. The third-order valence-corrected chi connectivity index (χ3v) is 3.19. The molecule has 3 N–H and O–H groups in total. The molecule has 1 aliphatic heterocycles. The van der Waals surface area contributed by atoms with Crippen LogP contribution in [0.1, 0.15) is 20.7 Å². The Bertz CT molecular complexity index is 755. The first-order valence-corrected chi connectivity index (χ1v) is 6.27. The summed E-state index contributed by atoms with van der Waals surface area (Å²) in [6, 6.07) is 10.0. The molecule has 0 aliphatic carbocycles. The fourth-order valence-corrected chi connectivity index (χ4v) is 2.18. The van der Waals surface area contributed by atoms with Gasteiger partial charge in [0.05, 0.1) is 16.9 Å². The van der Waals surface area contributed by atoms with Gasteiger partial charge in [-0.25, -0.2) is 4.79 Å². The van der Waals surface area contributed by atoms with Gasteiger partial charge in [-0.05, 0) is 24.3 Å². The summed E-state index contributed by atoms with van der Waals surface area (Å²) >= 11 is 0. The van der Waals surface area contributed by atoms with Crippen LogP contribution in [0.15, 0.2) is 36.4 Å². The standard InChI is InChI=1S/C15H12N2O4/c1-16-14(18)8-6-9(15(19)20)13-12(7-8)21-11-5-3-2-4-10(11)17-13/h2-7,17H,1H3,(H,16,18)(H,19,20). The number of carboxylic acid groups (broad SMARTS) is 1. The Labute approximate surface area is 120 Å². The van der Waals surface area contributed by atoms with Crippen molar-refractivity contribution in [1.29, 1.82) is 0 Å². The maximum atomic E-state index is 11.7. The number of hydrogen-bond donors (Lipinski definition) is 3. The van der Waals surface area contributed by atoms with Gasteiger partial charge in [-0.1, -0.05) is 12.1 Å². The molecular formula is C15H12N2O4. The van der Waals surface area contributed by atoms with Gasteiger partial charge in [0.15, 0.2) is 11.5 Å². The number of nitrogens with one attached hydrogen (secondary N) is 2. The summed E-state index contributed by atoms with van der Waals surface area (Å²) in [7, 11) is 1.48. The van der Waals surface area contributed by atoms with E-state index in [2.05, 4.69) is 10.6 Å². The molecule has 1 heterocycles. The molecule has 0 atom stereocenters. The zero-order valence-electron chi connectivity index (χ0n) is 11.1. The number of carbonyl (C=O) groups is 2. The molecule has 2 aromatic rings. The number of benzene rings is 2. The van der Waals surface area contributed by atoms with Crippen LogP contribution in [0.25, 0.3) is 0 Å². The number of para-hydroxylation sites is 2. The Hall–Kier alpha value is -3.02. The molecule has 0 unspecified atom stereocenters. The molecule has 6 nitrogen and oxygen atoms in total. The van der Waals surface area contributed by atoms with Crippen molar-refractivity contribution < 1.29 is 19.4 Å². The van der Waals surface area contributed by atoms with E-state index in [0.29, 0.717) is 22.9 Å². The highest BCUT2D eigenvalue weighted by atomic mass is 16.5. The van der Waals surface area contributed by atoms with E-state index < -0.39 is 5.97 Å². The minimum atomic E-state index is -1.13. The number of carbonyl (C=O) groups excluding carboxylic acids is 1. The number of ether oxygens (including phenoxy) is 1. The predicted molar refractivity (Wildman–Crippen MR) is 76.6 cm³/mol. The number of carboxylic acids is 1. The highest BCUT2D eigenvalue weighted by Gasteiger charge is 2.24. The van der Waals surface area contributed by atoms with Gasteiger partial charge in [0, 0.05) is 12.6 Å². The zero-order valence-corrected chi connectivity index (χ0v) is 11.1. The van der Waals surface area contributed by atoms with E-state index in [4.69, 9.17) is 4.74 Å². The quantitative estimate of drug-likeness (QED) is 0.673. The average molecular weight is 284 g/mol. The maximum Gasteiger partial charge on any atom is 0.337 e. The van der Waals surface area contributed by atoms with Crippen molar-refractivity contribution in [2.45, 2.75) is 0 Å². The van der Waals surface area contributed by atoms with Gasteiger partial charge in [-0.2, -0.15) is 0 Å². The van der Waals surface area contributed by atoms with E-state index in [9.17, 15) is 14.7 Å². The molecule has 21 heavy (non-hydrogen) atoms. The molecule has 2 aromatic carbocycles. The Morgan fingerprint density at radius 1 is 1.19 bits per heavy atom. The van der Waals surface area contributed by atoms with Crippen molar-refractivity contribution >= 4 is 23.3 Å². The van der Waals surface area contributed by atoms with Crippen LogP contribution in [0, 0.1) is 0 Å². The van der Waals surface area contributed by atoms with Crippen molar-refractivity contribution in [2.75, 3.05) is 12.4 Å². The second kappa shape index (κ2) is 4.82. The average Bonchev–Trinajstić information content (AvgIpc) is 2.50. The summed E-state index contributed by atoms with van der Waals surface area (Å²) in [5, 5.41) is 14.8. The van der Waals surface area contributed by atoms with Crippen molar-refractivity contribution in [3.63, 3.8) is 0 Å². The minimum absolute atomic E-state index is 0.0133. The Morgan fingerprint density at radius 2 is 1.95 bits per heavy atom. The van der Waals surface area contributed by atoms with E-state index in [1.54, 1.807) is 12.1 Å². The lowest BCUT2D eigenvalue weighted by atomic mass is 10.0. The van der Waals surface area contributed by atoms with Crippen molar-refractivity contribution in [3.8, 4) is 11.5 Å². The van der Waals surface area contributed by atoms with Gasteiger partial charge in [0.2, 0.25) is 0 Å². The van der Waals surface area contributed by atoms with Crippen molar-refractivity contribution in [1.82, 2.24) is 5.32 Å². The van der Waals surface area contributed by atoms with E-state index in [1.165, 1.54) is 19.2 Å². The minimum Gasteiger partial charge on any atom is -0.478 e. The highest BCUT2D eigenvalue weighted by molar-refractivity contribution is 6.03. The van der Waals surface area contributed by atoms with Crippen molar-refractivity contribution in [3.05, 3.63) is 47.5 Å². The van der Waals surface area contributed by atoms with Crippen LogP contribution >= 0.6 is 0 Å². The topological polar surface area (TPSA) is 87.7 Å². The Balaban J connectivity index is 2.16. The van der Waals surface area contributed by atoms with Gasteiger partial charge >= 0.3 is 5.97 Å². The van der Waals surface area contributed by atoms with Crippen LogP contribution in [-0.4, -0.2) is 24.0 Å². The number of hydrogen-bond acceptors (Lipinski definition) is 4. The fourth-order valence-electron chi connectivity index (χ4n) is 2.18. The van der Waals surface area contributed by atoms with Crippen LogP contribution in [0.4, 0.5) is 11.4 Å². The normalized spacial score (nSPS) is 11.5. The number of aromatic carboxylic acids is 1. The summed E-state index contributed by atoms with van der Waals surface area (Å²) in [4.78, 5) is 23.2. The molecular weight excluding hydrogens is 272 g/mol. The lowest BCUT2D eigenvalue weighted by Crippen LogP contribution is -2.19. The first-order chi connectivity index (χ1) is 10.1. The number of rotatable bonds is 2. The Morgan fingerprint density at radius 3 is 2.67 bits per heavy atom. The summed E-state index contributed by atoms with van der Waals surface area (Å²) in [5.74, 6) is -0.613.